The van der Waals surface area contributed by atoms with Crippen molar-refractivity contribution < 1.29 is 23.8 Å². The molecular formula is C51H32O5. The molecule has 0 heterocycles. The minimum Gasteiger partial charge on any atom is -0.495 e. The van der Waals surface area contributed by atoms with E-state index in [4.69, 9.17) is 14.2 Å². The number of carbonyl (C=O) groups is 2. The lowest BCUT2D eigenvalue weighted by Gasteiger charge is -2.12. The topological polar surface area (TPSA) is 61.8 Å². The van der Waals surface area contributed by atoms with E-state index < -0.39 is 11.9 Å². The molecule has 266 valence electrons. The van der Waals surface area contributed by atoms with Gasteiger partial charge in [0, 0.05) is 66.1 Å². The van der Waals surface area contributed by atoms with Gasteiger partial charge in [0.15, 0.2) is 0 Å². The first-order valence-electron chi connectivity index (χ1n) is 17.6. The maximum atomic E-state index is 12.8. The van der Waals surface area contributed by atoms with Crippen molar-refractivity contribution in [2.24, 2.45) is 0 Å². The molecule has 0 atom stereocenters. The highest BCUT2D eigenvalue weighted by molar-refractivity contribution is 6.09. The maximum absolute atomic E-state index is 12.8. The number of carbonyl (C=O) groups excluding carboxylic acids is 2. The summed E-state index contributed by atoms with van der Waals surface area (Å²) in [6.45, 7) is 0. The Kier molecular flexibility index (Phi) is 10.9. The van der Waals surface area contributed by atoms with Crippen LogP contribution in [0.4, 0.5) is 0 Å². The molecular weight excluding hydrogens is 693 g/mol. The van der Waals surface area contributed by atoms with Crippen LogP contribution >= 0.6 is 0 Å². The number of rotatable bonds is 3. The highest BCUT2D eigenvalue weighted by Crippen LogP contribution is 2.37. The molecule has 56 heavy (non-hydrogen) atoms. The van der Waals surface area contributed by atoms with Gasteiger partial charge in [0.2, 0.25) is 0 Å². The van der Waals surface area contributed by atoms with Gasteiger partial charge in [-0.15, -0.1) is 0 Å². The molecule has 0 radical (unpaired) electrons. The van der Waals surface area contributed by atoms with Crippen LogP contribution in [-0.4, -0.2) is 33.3 Å². The molecule has 0 bridgehead atoms. The number of fused-ring (bicyclic) bond motifs is 2. The molecule has 0 aliphatic heterocycles. The minimum absolute atomic E-state index is 0.338. The Morgan fingerprint density at radius 3 is 1.20 bits per heavy atom. The average molecular weight is 725 g/mol. The van der Waals surface area contributed by atoms with Gasteiger partial charge in [-0.25, -0.2) is 9.59 Å². The number of hydrogen-bond donors (Lipinski definition) is 0. The lowest BCUT2D eigenvalue weighted by atomic mass is 9.95. The van der Waals surface area contributed by atoms with E-state index in [1.54, 1.807) is 31.4 Å². The van der Waals surface area contributed by atoms with E-state index in [-0.39, 0.29) is 0 Å². The monoisotopic (exact) mass is 724 g/mol. The first-order chi connectivity index (χ1) is 27.4. The molecule has 7 aromatic carbocycles. The first-order valence-corrected chi connectivity index (χ1v) is 17.6. The fourth-order valence-corrected chi connectivity index (χ4v) is 6.19. The smallest absolute Gasteiger partial charge is 0.339 e. The summed E-state index contributed by atoms with van der Waals surface area (Å²) >= 11 is 0. The lowest BCUT2D eigenvalue weighted by Crippen LogP contribution is -2.04. The predicted octanol–water partition coefficient (Wildman–Crippen LogP) is 9.17. The predicted molar refractivity (Wildman–Crippen MR) is 220 cm³/mol. The summed E-state index contributed by atoms with van der Waals surface area (Å²) in [4.78, 5) is 25.6. The van der Waals surface area contributed by atoms with E-state index in [0.29, 0.717) is 39.1 Å². The highest BCUT2D eigenvalue weighted by atomic mass is 16.5. The maximum Gasteiger partial charge on any atom is 0.339 e. The summed E-state index contributed by atoms with van der Waals surface area (Å²) in [6.07, 6.45) is 0. The van der Waals surface area contributed by atoms with Crippen LogP contribution in [0.3, 0.4) is 0 Å². The van der Waals surface area contributed by atoms with Crippen LogP contribution in [0.1, 0.15) is 65.2 Å². The van der Waals surface area contributed by atoms with Crippen molar-refractivity contribution in [1.29, 1.82) is 0 Å². The van der Waals surface area contributed by atoms with E-state index in [1.165, 1.54) is 14.2 Å². The normalized spacial score (nSPS) is 9.98. The van der Waals surface area contributed by atoms with Gasteiger partial charge in [0.25, 0.3) is 0 Å². The van der Waals surface area contributed by atoms with Crippen molar-refractivity contribution >= 4 is 33.5 Å². The Bertz CT molecular complexity index is 2720. The molecule has 0 unspecified atom stereocenters. The minimum atomic E-state index is -0.491. The van der Waals surface area contributed by atoms with Crippen molar-refractivity contribution in [3.05, 3.63) is 195 Å². The Hall–Kier alpha value is -7.96. The summed E-state index contributed by atoms with van der Waals surface area (Å²) in [5.41, 5.74) is 6.27. The molecule has 0 saturated carbocycles. The molecule has 0 N–H and O–H groups in total. The van der Waals surface area contributed by atoms with E-state index in [0.717, 1.165) is 43.8 Å². The Morgan fingerprint density at radius 1 is 0.375 bits per heavy atom. The second-order valence-corrected chi connectivity index (χ2v) is 12.4. The molecule has 0 aliphatic carbocycles. The SMILES string of the molecule is COC(=O)c1cc(C#Cc2cccc3c(OC)c4cccc(C#Cc5ccc(C#Cc6ccccc6)c(C(=O)OC)c5)c4cc23)ccc1C#Cc1ccccc1. The summed E-state index contributed by atoms with van der Waals surface area (Å²) < 4.78 is 16.1. The summed E-state index contributed by atoms with van der Waals surface area (Å²) in [5, 5.41) is 3.56. The zero-order valence-corrected chi connectivity index (χ0v) is 30.8. The molecule has 0 amide bonds. The zero-order valence-electron chi connectivity index (χ0n) is 30.8. The highest BCUT2D eigenvalue weighted by Gasteiger charge is 2.15. The Morgan fingerprint density at radius 2 is 0.786 bits per heavy atom. The molecule has 5 heteroatoms. The number of benzene rings is 7. The molecule has 0 spiro atoms. The largest absolute Gasteiger partial charge is 0.495 e. The van der Waals surface area contributed by atoms with Crippen LogP contribution < -0.4 is 4.74 Å². The molecule has 0 fully saturated rings. The standard InChI is InChI=1S/C51H32O5/c1-54-49-43-18-10-16-39(28-22-37-24-30-41(47(32-37)50(52)55-2)26-20-35-12-6-4-7-13-35)45(43)34-46-40(17-11-19-44(46)49)29-23-38-25-31-42(48(33-38)51(53)56-3)27-21-36-14-8-5-9-15-36/h4-19,24-25,30-34H,1-3H3. The quantitative estimate of drug-likeness (QED) is 0.103. The molecule has 7 rings (SSSR count). The fourth-order valence-electron chi connectivity index (χ4n) is 6.19. The van der Waals surface area contributed by atoms with E-state index >= 15 is 0 Å². The zero-order chi connectivity index (χ0) is 38.9. The lowest BCUT2D eigenvalue weighted by molar-refractivity contribution is 0.0591. The number of esters is 2. The van der Waals surface area contributed by atoms with Gasteiger partial charge in [-0.1, -0.05) is 108 Å². The molecule has 7 aromatic rings. The summed E-state index contributed by atoms with van der Waals surface area (Å²) in [6, 6.07) is 43.7. The van der Waals surface area contributed by atoms with Gasteiger partial charge >= 0.3 is 11.9 Å². The van der Waals surface area contributed by atoms with E-state index in [2.05, 4.69) is 53.4 Å². The van der Waals surface area contributed by atoms with Gasteiger partial charge in [0.1, 0.15) is 5.75 Å². The van der Waals surface area contributed by atoms with Crippen LogP contribution in [0, 0.1) is 47.4 Å². The van der Waals surface area contributed by atoms with Gasteiger partial charge < -0.3 is 14.2 Å². The van der Waals surface area contributed by atoms with Crippen molar-refractivity contribution in [2.45, 2.75) is 0 Å². The summed E-state index contributed by atoms with van der Waals surface area (Å²) in [5.74, 6) is 25.3. The third-order valence-electron chi connectivity index (χ3n) is 8.96. The fraction of sp³-hybridized carbons (Fsp3) is 0.0588. The van der Waals surface area contributed by atoms with Crippen LogP contribution in [0.5, 0.6) is 5.75 Å². The number of methoxy groups -OCH3 is 3. The molecule has 0 aliphatic rings. The third kappa shape index (κ3) is 8.00. The van der Waals surface area contributed by atoms with Gasteiger partial charge in [-0.05, 0) is 78.9 Å². The van der Waals surface area contributed by atoms with E-state index in [9.17, 15) is 9.59 Å². The van der Waals surface area contributed by atoms with E-state index in [1.807, 2.05) is 109 Å². The van der Waals surface area contributed by atoms with Crippen LogP contribution in [0.2, 0.25) is 0 Å². The van der Waals surface area contributed by atoms with Gasteiger partial charge in [-0.2, -0.15) is 0 Å². The molecule has 0 saturated heterocycles. The van der Waals surface area contributed by atoms with Gasteiger partial charge in [-0.3, -0.25) is 0 Å². The second-order valence-electron chi connectivity index (χ2n) is 12.4. The second kappa shape index (κ2) is 16.8. The van der Waals surface area contributed by atoms with Crippen molar-refractivity contribution in [3.8, 4) is 53.1 Å². The van der Waals surface area contributed by atoms with Gasteiger partial charge in [0.05, 0.1) is 32.5 Å². The Balaban J connectivity index is 1.27. The van der Waals surface area contributed by atoms with Crippen molar-refractivity contribution in [3.63, 3.8) is 0 Å². The van der Waals surface area contributed by atoms with Crippen molar-refractivity contribution in [1.82, 2.24) is 0 Å². The van der Waals surface area contributed by atoms with Crippen LogP contribution in [-0.2, 0) is 9.47 Å². The average Bonchev–Trinajstić information content (AvgIpc) is 3.25. The molecule has 0 aromatic heterocycles. The first kappa shape index (κ1) is 36.4. The van der Waals surface area contributed by atoms with Crippen molar-refractivity contribution in [2.75, 3.05) is 21.3 Å². The summed E-state index contributed by atoms with van der Waals surface area (Å²) in [7, 11) is 4.35. The number of ether oxygens (including phenoxy) is 3. The Labute approximate surface area is 325 Å². The van der Waals surface area contributed by atoms with Crippen LogP contribution in [0.15, 0.2) is 140 Å². The molecule has 5 nitrogen and oxygen atoms in total. The van der Waals surface area contributed by atoms with Crippen LogP contribution in [0.25, 0.3) is 21.5 Å². The number of hydrogen-bond acceptors (Lipinski definition) is 5. The third-order valence-corrected chi connectivity index (χ3v) is 8.96.